The topological polar surface area (TPSA) is 52.0 Å². The molecular weight excluding hydrogens is 332 g/mol. The minimum atomic E-state index is 0.654. The molecule has 0 amide bonds. The van der Waals surface area contributed by atoms with Crippen LogP contribution >= 0.6 is 0 Å². The third kappa shape index (κ3) is 3.94. The van der Waals surface area contributed by atoms with E-state index in [1.54, 1.807) is 21.3 Å². The van der Waals surface area contributed by atoms with Crippen molar-refractivity contribution in [1.29, 1.82) is 0 Å². The van der Waals surface area contributed by atoms with Gasteiger partial charge in [-0.15, -0.1) is 0 Å². The molecule has 0 unspecified atom stereocenters. The average Bonchev–Trinajstić information content (AvgIpc) is 3.07. The number of benzene rings is 1. The van der Waals surface area contributed by atoms with Crippen molar-refractivity contribution in [3.63, 3.8) is 0 Å². The Morgan fingerprint density at radius 3 is 2.08 bits per heavy atom. The second-order valence-corrected chi connectivity index (χ2v) is 6.50. The van der Waals surface area contributed by atoms with Gasteiger partial charge in [-0.25, -0.2) is 4.98 Å². The lowest BCUT2D eigenvalue weighted by molar-refractivity contribution is 0.118. The maximum Gasteiger partial charge on any atom is 0.203 e. The summed E-state index contributed by atoms with van der Waals surface area (Å²) in [6.45, 7) is 5.82. The van der Waals surface area contributed by atoms with Gasteiger partial charge in [-0.3, -0.25) is 9.80 Å². The number of hydrogen-bond acceptors (Lipinski definition) is 6. The number of imidazole rings is 1. The first-order valence-corrected chi connectivity index (χ1v) is 8.85. The number of ether oxygens (including phenoxy) is 3. The summed E-state index contributed by atoms with van der Waals surface area (Å²) in [6, 6.07) is 3.99. The summed E-state index contributed by atoms with van der Waals surface area (Å²) in [6.07, 6.45) is 3.85. The lowest BCUT2D eigenvalue weighted by atomic mass is 10.1. The van der Waals surface area contributed by atoms with Crippen LogP contribution in [0.5, 0.6) is 17.2 Å². The number of hydrogen-bond donors (Lipinski definition) is 0. The quantitative estimate of drug-likeness (QED) is 0.750. The van der Waals surface area contributed by atoms with Gasteiger partial charge >= 0.3 is 0 Å². The van der Waals surface area contributed by atoms with Gasteiger partial charge in [-0.1, -0.05) is 6.07 Å². The van der Waals surface area contributed by atoms with Crippen LogP contribution in [0, 0.1) is 0 Å². The van der Waals surface area contributed by atoms with Crippen LogP contribution in [0.4, 0.5) is 0 Å². The first-order valence-electron chi connectivity index (χ1n) is 8.85. The predicted octanol–water partition coefficient (Wildman–Crippen LogP) is 1.76. The summed E-state index contributed by atoms with van der Waals surface area (Å²) >= 11 is 0. The maximum atomic E-state index is 5.60. The molecule has 1 fully saturated rings. The predicted molar refractivity (Wildman–Crippen MR) is 99.9 cm³/mol. The third-order valence-electron chi connectivity index (χ3n) is 4.93. The second kappa shape index (κ2) is 8.42. The summed E-state index contributed by atoms with van der Waals surface area (Å²) in [5, 5.41) is 0. The van der Waals surface area contributed by atoms with Crippen LogP contribution in [-0.4, -0.2) is 66.9 Å². The Kier molecular flexibility index (Phi) is 6.00. The number of methoxy groups -OCH3 is 3. The Morgan fingerprint density at radius 2 is 1.54 bits per heavy atom. The Labute approximate surface area is 155 Å². The van der Waals surface area contributed by atoms with Crippen LogP contribution in [-0.2, 0) is 20.1 Å². The molecule has 1 aliphatic rings. The Morgan fingerprint density at radius 1 is 0.885 bits per heavy atom. The first-order chi connectivity index (χ1) is 12.7. The van der Waals surface area contributed by atoms with Gasteiger partial charge in [0, 0.05) is 57.7 Å². The molecule has 1 aromatic heterocycles. The molecule has 3 rings (SSSR count). The van der Waals surface area contributed by atoms with Gasteiger partial charge in [0.25, 0.3) is 0 Å². The fourth-order valence-electron chi connectivity index (χ4n) is 3.38. The van der Waals surface area contributed by atoms with Gasteiger partial charge < -0.3 is 18.8 Å². The highest BCUT2D eigenvalue weighted by Crippen LogP contribution is 2.40. The van der Waals surface area contributed by atoms with Crippen molar-refractivity contribution in [2.75, 3.05) is 47.5 Å². The van der Waals surface area contributed by atoms with E-state index in [1.165, 1.54) is 0 Å². The van der Waals surface area contributed by atoms with E-state index in [9.17, 15) is 0 Å². The molecule has 0 atom stereocenters. The van der Waals surface area contributed by atoms with E-state index in [4.69, 9.17) is 14.2 Å². The monoisotopic (exact) mass is 360 g/mol. The zero-order valence-corrected chi connectivity index (χ0v) is 16.1. The fourth-order valence-corrected chi connectivity index (χ4v) is 3.38. The third-order valence-corrected chi connectivity index (χ3v) is 4.93. The molecule has 1 aliphatic heterocycles. The van der Waals surface area contributed by atoms with Crippen molar-refractivity contribution in [3.8, 4) is 17.2 Å². The lowest BCUT2D eigenvalue weighted by Gasteiger charge is -2.34. The Balaban J connectivity index is 1.62. The van der Waals surface area contributed by atoms with Crippen LogP contribution < -0.4 is 14.2 Å². The van der Waals surface area contributed by atoms with Crippen molar-refractivity contribution in [1.82, 2.24) is 19.4 Å². The van der Waals surface area contributed by atoms with E-state index in [0.717, 1.165) is 56.4 Å². The highest BCUT2D eigenvalue weighted by molar-refractivity contribution is 5.55. The zero-order valence-electron chi connectivity index (χ0n) is 16.1. The highest BCUT2D eigenvalue weighted by Gasteiger charge is 2.21. The van der Waals surface area contributed by atoms with Crippen LogP contribution in [0.1, 0.15) is 11.4 Å². The van der Waals surface area contributed by atoms with Crippen molar-refractivity contribution < 1.29 is 14.2 Å². The average molecular weight is 360 g/mol. The van der Waals surface area contributed by atoms with E-state index in [1.807, 2.05) is 25.5 Å². The van der Waals surface area contributed by atoms with E-state index < -0.39 is 0 Å². The molecule has 2 aromatic rings. The Bertz CT molecular complexity index is 724. The SMILES string of the molecule is COc1ccc(CN2CCN(Cc3nccn3C)CC2)c(OC)c1OC. The van der Waals surface area contributed by atoms with E-state index in [0.29, 0.717) is 11.5 Å². The molecule has 0 radical (unpaired) electrons. The van der Waals surface area contributed by atoms with Crippen molar-refractivity contribution in [2.24, 2.45) is 7.05 Å². The first kappa shape index (κ1) is 18.5. The van der Waals surface area contributed by atoms with Gasteiger partial charge in [0.1, 0.15) is 5.82 Å². The van der Waals surface area contributed by atoms with Crippen LogP contribution in [0.25, 0.3) is 0 Å². The van der Waals surface area contributed by atoms with Crippen molar-refractivity contribution in [3.05, 3.63) is 35.9 Å². The van der Waals surface area contributed by atoms with Gasteiger partial charge in [-0.05, 0) is 6.07 Å². The second-order valence-electron chi connectivity index (χ2n) is 6.50. The van der Waals surface area contributed by atoms with Crippen molar-refractivity contribution in [2.45, 2.75) is 13.1 Å². The number of aromatic nitrogens is 2. The van der Waals surface area contributed by atoms with E-state index in [2.05, 4.69) is 25.4 Å². The summed E-state index contributed by atoms with van der Waals surface area (Å²) < 4.78 is 18.5. The fraction of sp³-hybridized carbons (Fsp3) is 0.526. The molecule has 26 heavy (non-hydrogen) atoms. The van der Waals surface area contributed by atoms with Crippen molar-refractivity contribution >= 4 is 0 Å². The molecule has 7 heteroatoms. The Hall–Kier alpha value is -2.25. The normalized spacial score (nSPS) is 15.8. The summed E-state index contributed by atoms with van der Waals surface area (Å²) in [4.78, 5) is 9.31. The lowest BCUT2D eigenvalue weighted by Crippen LogP contribution is -2.45. The standard InChI is InChI=1S/C19H28N4O3/c1-21-8-7-20-17(21)14-23-11-9-22(10-12-23)13-15-5-6-16(24-2)19(26-4)18(15)25-3/h5-8H,9-14H2,1-4H3. The molecule has 1 saturated heterocycles. The highest BCUT2D eigenvalue weighted by atomic mass is 16.5. The maximum absolute atomic E-state index is 5.60. The smallest absolute Gasteiger partial charge is 0.203 e. The summed E-state index contributed by atoms with van der Waals surface area (Å²) in [7, 11) is 6.99. The number of nitrogens with zero attached hydrogens (tertiary/aromatic N) is 4. The van der Waals surface area contributed by atoms with Gasteiger partial charge in [0.2, 0.25) is 5.75 Å². The molecule has 0 spiro atoms. The van der Waals surface area contributed by atoms with Gasteiger partial charge in [-0.2, -0.15) is 0 Å². The van der Waals surface area contributed by atoms with E-state index in [-0.39, 0.29) is 0 Å². The number of piperazine rings is 1. The largest absolute Gasteiger partial charge is 0.493 e. The molecule has 0 N–H and O–H groups in total. The number of aryl methyl sites for hydroxylation is 1. The van der Waals surface area contributed by atoms with E-state index >= 15 is 0 Å². The molecule has 142 valence electrons. The molecule has 0 aliphatic carbocycles. The molecule has 1 aromatic carbocycles. The van der Waals surface area contributed by atoms with Gasteiger partial charge in [0.15, 0.2) is 11.5 Å². The van der Waals surface area contributed by atoms with Gasteiger partial charge in [0.05, 0.1) is 27.9 Å². The summed E-state index contributed by atoms with van der Waals surface area (Å²) in [5.41, 5.74) is 1.11. The van der Waals surface area contributed by atoms with Crippen LogP contribution in [0.2, 0.25) is 0 Å². The minimum absolute atomic E-state index is 0.654. The molecule has 7 nitrogen and oxygen atoms in total. The molecule has 0 bridgehead atoms. The zero-order chi connectivity index (χ0) is 18.5. The molecular formula is C19H28N4O3. The molecule has 0 saturated carbocycles. The van der Waals surface area contributed by atoms with Crippen LogP contribution in [0.3, 0.4) is 0 Å². The summed E-state index contributed by atoms with van der Waals surface area (Å²) in [5.74, 6) is 3.20. The minimum Gasteiger partial charge on any atom is -0.493 e. The molecule has 2 heterocycles. The number of rotatable bonds is 7. The van der Waals surface area contributed by atoms with Crippen LogP contribution in [0.15, 0.2) is 24.5 Å².